The molecule has 2 amide bonds. The first-order valence-electron chi connectivity index (χ1n) is 8.42. The van der Waals surface area contributed by atoms with Crippen LogP contribution in [0, 0.1) is 0 Å². The predicted octanol–water partition coefficient (Wildman–Crippen LogP) is 3.98. The molecule has 1 aliphatic rings. The van der Waals surface area contributed by atoms with Crippen LogP contribution in [0.1, 0.15) is 28.8 Å². The normalized spacial score (nSPS) is 13.2. The number of rotatable bonds is 6. The van der Waals surface area contributed by atoms with Crippen LogP contribution in [-0.2, 0) is 11.4 Å². The fourth-order valence-corrected chi connectivity index (χ4v) is 2.87. The van der Waals surface area contributed by atoms with Gasteiger partial charge in [0.05, 0.1) is 18.4 Å². The van der Waals surface area contributed by atoms with Crippen LogP contribution in [0.2, 0.25) is 0 Å². The summed E-state index contributed by atoms with van der Waals surface area (Å²) in [5.41, 5.74) is 10.0. The van der Waals surface area contributed by atoms with E-state index in [1.807, 2.05) is 30.3 Å². The molecule has 1 heterocycles. The molecule has 0 spiro atoms. The van der Waals surface area contributed by atoms with E-state index >= 15 is 0 Å². The van der Waals surface area contributed by atoms with Gasteiger partial charge in [0.2, 0.25) is 5.91 Å². The van der Waals surface area contributed by atoms with E-state index in [0.717, 1.165) is 10.5 Å². The minimum Gasteiger partial charge on any atom is -0.493 e. The molecular formula is C19H18N4O4. The third kappa shape index (κ3) is 4.02. The summed E-state index contributed by atoms with van der Waals surface area (Å²) in [6.07, 6.45) is 0.953. The van der Waals surface area contributed by atoms with E-state index in [4.69, 9.17) is 15.0 Å². The summed E-state index contributed by atoms with van der Waals surface area (Å²) < 4.78 is 11.1. The molecule has 0 aliphatic carbocycles. The van der Waals surface area contributed by atoms with Crippen LogP contribution < -0.4 is 9.47 Å². The minimum atomic E-state index is -0.507. The average molecular weight is 366 g/mol. The van der Waals surface area contributed by atoms with Crippen LogP contribution in [-0.4, -0.2) is 30.4 Å². The van der Waals surface area contributed by atoms with Gasteiger partial charge >= 0.3 is 0 Å². The molecule has 1 aliphatic heterocycles. The van der Waals surface area contributed by atoms with Gasteiger partial charge in [-0.25, -0.2) is 0 Å². The number of carbonyl (C=O) groups excluding carboxylic acids is 2. The van der Waals surface area contributed by atoms with Crippen LogP contribution in [0.4, 0.5) is 5.69 Å². The van der Waals surface area contributed by atoms with E-state index in [0.29, 0.717) is 30.9 Å². The van der Waals surface area contributed by atoms with Gasteiger partial charge in [0, 0.05) is 17.9 Å². The maximum absolute atomic E-state index is 12.7. The van der Waals surface area contributed by atoms with Crippen molar-refractivity contribution in [3.05, 3.63) is 64.0 Å². The maximum Gasteiger partial charge on any atom is 0.261 e. The lowest BCUT2D eigenvalue weighted by molar-refractivity contribution is -0.125. The summed E-state index contributed by atoms with van der Waals surface area (Å²) in [5.74, 6) is -0.0889. The molecule has 3 rings (SSSR count). The molecule has 0 radical (unpaired) electrons. The van der Waals surface area contributed by atoms with Crippen LogP contribution in [0.15, 0.2) is 47.6 Å². The second-order valence-corrected chi connectivity index (χ2v) is 5.94. The summed E-state index contributed by atoms with van der Waals surface area (Å²) in [4.78, 5) is 28.6. The Morgan fingerprint density at radius 3 is 2.67 bits per heavy atom. The van der Waals surface area contributed by atoms with E-state index in [-0.39, 0.29) is 23.8 Å². The third-order valence-electron chi connectivity index (χ3n) is 4.22. The smallest absolute Gasteiger partial charge is 0.261 e. The van der Waals surface area contributed by atoms with Crippen molar-refractivity contribution >= 4 is 17.5 Å². The Bertz CT molecular complexity index is 907. The lowest BCUT2D eigenvalue weighted by Gasteiger charge is -2.17. The number of benzene rings is 2. The fraction of sp³-hybridized carbons (Fsp3) is 0.263. The zero-order valence-corrected chi connectivity index (χ0v) is 14.8. The Morgan fingerprint density at radius 1 is 1.26 bits per heavy atom. The number of carbonyl (C=O) groups is 2. The number of azide groups is 1. The Kier molecular flexibility index (Phi) is 5.58. The minimum absolute atomic E-state index is 0.0889. The molecule has 2 aromatic rings. The van der Waals surface area contributed by atoms with Gasteiger partial charge in [0.25, 0.3) is 5.91 Å². The highest BCUT2D eigenvalue weighted by molar-refractivity contribution is 6.08. The van der Waals surface area contributed by atoms with Gasteiger partial charge in [-0.2, -0.15) is 0 Å². The van der Waals surface area contributed by atoms with Crippen LogP contribution in [0.25, 0.3) is 10.4 Å². The number of amides is 2. The van der Waals surface area contributed by atoms with Gasteiger partial charge in [-0.3, -0.25) is 14.5 Å². The lowest BCUT2D eigenvalue weighted by atomic mass is 10.1. The van der Waals surface area contributed by atoms with Crippen molar-refractivity contribution in [2.75, 3.05) is 13.7 Å². The molecule has 0 unspecified atom stereocenters. The standard InChI is InChI=1S/C19H18N4O4/c1-26-16-10-14(19(25)23-9-5-8-18(23)24)15(21-22-20)11-17(16)27-12-13-6-3-2-4-7-13/h2-4,6-7,10-11H,5,8-9,12H2,1H3. The van der Waals surface area contributed by atoms with Crippen LogP contribution in [0.3, 0.4) is 0 Å². The number of imide groups is 1. The highest BCUT2D eigenvalue weighted by atomic mass is 16.5. The van der Waals surface area contributed by atoms with E-state index in [1.54, 1.807) is 0 Å². The second-order valence-electron chi connectivity index (χ2n) is 5.94. The summed E-state index contributed by atoms with van der Waals surface area (Å²) in [5, 5.41) is 3.60. The number of ether oxygens (including phenoxy) is 2. The van der Waals surface area contributed by atoms with Gasteiger partial charge in [-0.1, -0.05) is 35.4 Å². The predicted molar refractivity (Wildman–Crippen MR) is 97.9 cm³/mol. The fourth-order valence-electron chi connectivity index (χ4n) is 2.87. The highest BCUT2D eigenvalue weighted by Crippen LogP contribution is 2.36. The number of hydrogen-bond donors (Lipinski definition) is 0. The molecule has 1 fully saturated rings. The zero-order valence-electron chi connectivity index (χ0n) is 14.8. The number of methoxy groups -OCH3 is 1. The Labute approximate surface area is 155 Å². The molecule has 0 atom stereocenters. The number of likely N-dealkylation sites (tertiary alicyclic amines) is 1. The van der Waals surface area contributed by atoms with Crippen molar-refractivity contribution in [2.24, 2.45) is 5.11 Å². The van der Waals surface area contributed by atoms with Gasteiger partial charge in [-0.05, 0) is 29.6 Å². The van der Waals surface area contributed by atoms with Crippen LogP contribution in [0.5, 0.6) is 11.5 Å². The van der Waals surface area contributed by atoms with Crippen molar-refractivity contribution in [3.8, 4) is 11.5 Å². The number of hydrogen-bond acceptors (Lipinski definition) is 5. The average Bonchev–Trinajstić information content (AvgIpc) is 3.12. The Morgan fingerprint density at radius 2 is 2.04 bits per heavy atom. The highest BCUT2D eigenvalue weighted by Gasteiger charge is 2.29. The van der Waals surface area contributed by atoms with Gasteiger partial charge in [0.1, 0.15) is 6.61 Å². The quantitative estimate of drug-likeness (QED) is 0.334. The SMILES string of the molecule is COc1cc(C(=O)N2CCCC2=O)c(N=[N+]=[N-])cc1OCc1ccccc1. The zero-order chi connectivity index (χ0) is 19.2. The van der Waals surface area contributed by atoms with Gasteiger partial charge < -0.3 is 9.47 Å². The monoisotopic (exact) mass is 366 g/mol. The van der Waals surface area contributed by atoms with E-state index in [2.05, 4.69) is 10.0 Å². The Balaban J connectivity index is 1.94. The first kappa shape index (κ1) is 18.3. The van der Waals surface area contributed by atoms with Crippen molar-refractivity contribution in [1.82, 2.24) is 4.90 Å². The molecule has 1 saturated heterocycles. The largest absolute Gasteiger partial charge is 0.493 e. The van der Waals surface area contributed by atoms with E-state index in [9.17, 15) is 9.59 Å². The summed E-state index contributed by atoms with van der Waals surface area (Å²) in [6.45, 7) is 0.632. The lowest BCUT2D eigenvalue weighted by Crippen LogP contribution is -2.31. The first-order valence-corrected chi connectivity index (χ1v) is 8.42. The second kappa shape index (κ2) is 8.25. The molecule has 0 bridgehead atoms. The van der Waals surface area contributed by atoms with Gasteiger partial charge in [-0.15, -0.1) is 0 Å². The molecule has 138 valence electrons. The van der Waals surface area contributed by atoms with E-state index in [1.165, 1.54) is 19.2 Å². The molecule has 0 aromatic heterocycles. The molecule has 8 nitrogen and oxygen atoms in total. The molecule has 0 N–H and O–H groups in total. The van der Waals surface area contributed by atoms with Crippen molar-refractivity contribution in [2.45, 2.75) is 19.4 Å². The molecule has 8 heteroatoms. The molecule has 0 saturated carbocycles. The number of nitrogens with zero attached hydrogens (tertiary/aromatic N) is 4. The van der Waals surface area contributed by atoms with E-state index < -0.39 is 5.91 Å². The van der Waals surface area contributed by atoms with Crippen molar-refractivity contribution in [3.63, 3.8) is 0 Å². The first-order chi connectivity index (χ1) is 13.1. The van der Waals surface area contributed by atoms with Crippen LogP contribution >= 0.6 is 0 Å². The van der Waals surface area contributed by atoms with Gasteiger partial charge in [0.15, 0.2) is 11.5 Å². The summed E-state index contributed by atoms with van der Waals surface area (Å²) in [6, 6.07) is 12.4. The molecular weight excluding hydrogens is 348 g/mol. The maximum atomic E-state index is 12.7. The Hall–Kier alpha value is -3.51. The summed E-state index contributed by atoms with van der Waals surface area (Å²) >= 11 is 0. The van der Waals surface area contributed by atoms with Crippen molar-refractivity contribution in [1.29, 1.82) is 0 Å². The third-order valence-corrected chi connectivity index (χ3v) is 4.22. The molecule has 27 heavy (non-hydrogen) atoms. The summed E-state index contributed by atoms with van der Waals surface area (Å²) in [7, 11) is 1.45. The van der Waals surface area contributed by atoms with Crippen molar-refractivity contribution < 1.29 is 19.1 Å². The molecule has 2 aromatic carbocycles. The topological polar surface area (TPSA) is 105 Å².